The summed E-state index contributed by atoms with van der Waals surface area (Å²) in [5.74, 6) is -1.70. The van der Waals surface area contributed by atoms with Crippen molar-refractivity contribution in [3.05, 3.63) is 50.7 Å². The molecule has 0 unspecified atom stereocenters. The Bertz CT molecular complexity index is 1360. The predicted octanol–water partition coefficient (Wildman–Crippen LogP) is 4.99. The van der Waals surface area contributed by atoms with E-state index in [9.17, 15) is 22.4 Å². The average molecular weight is 501 g/mol. The highest BCUT2D eigenvalue weighted by Crippen LogP contribution is 2.51. The van der Waals surface area contributed by atoms with Crippen LogP contribution in [0.3, 0.4) is 0 Å². The van der Waals surface area contributed by atoms with Crippen LogP contribution in [0.5, 0.6) is 0 Å². The topological polar surface area (TPSA) is 84.2 Å². The van der Waals surface area contributed by atoms with Crippen molar-refractivity contribution in [3.63, 3.8) is 0 Å². The van der Waals surface area contributed by atoms with Gasteiger partial charge in [-0.05, 0) is 42.5 Å². The number of aromatic nitrogens is 2. The summed E-state index contributed by atoms with van der Waals surface area (Å²) in [6.45, 7) is -0.106. The molecule has 2 aromatic carbocycles. The van der Waals surface area contributed by atoms with E-state index in [4.69, 9.17) is 22.1 Å². The predicted molar refractivity (Wildman–Crippen MR) is 117 cm³/mol. The Labute approximate surface area is 194 Å². The SMILES string of the molecule is Nc1cc(-c2c(Cl)cc3c(N4CCOC[C@@H]4F)nc(=O)[nH]c3c2F)c(C(F)(F)F)c(C2CC2)c1. The average Bonchev–Trinajstić information content (AvgIpc) is 3.58. The molecule has 6 nitrogen and oxygen atoms in total. The number of hydrogen-bond donors (Lipinski definition) is 2. The number of morpholine rings is 1. The normalized spacial score (nSPS) is 19.1. The number of fused-ring (bicyclic) bond motifs is 1. The minimum Gasteiger partial charge on any atom is -0.399 e. The summed E-state index contributed by atoms with van der Waals surface area (Å²) in [6, 6.07) is 3.45. The summed E-state index contributed by atoms with van der Waals surface area (Å²) < 4.78 is 77.9. The van der Waals surface area contributed by atoms with E-state index in [-0.39, 0.29) is 53.2 Å². The molecular weight excluding hydrogens is 483 g/mol. The second-order valence-electron chi connectivity index (χ2n) is 8.34. The smallest absolute Gasteiger partial charge is 0.399 e. The maximum Gasteiger partial charge on any atom is 0.417 e. The lowest BCUT2D eigenvalue weighted by molar-refractivity contribution is -0.137. The molecule has 0 amide bonds. The number of nitrogens with zero attached hydrogens (tertiary/aromatic N) is 2. The van der Waals surface area contributed by atoms with Crippen LogP contribution in [0.15, 0.2) is 23.0 Å². The molecule has 1 atom stereocenters. The summed E-state index contributed by atoms with van der Waals surface area (Å²) in [5.41, 5.74) is 2.38. The minimum absolute atomic E-state index is 0.0180. The van der Waals surface area contributed by atoms with Crippen molar-refractivity contribution in [3.8, 4) is 11.1 Å². The molecule has 12 heteroatoms. The zero-order valence-corrected chi connectivity index (χ0v) is 18.2. The third-order valence-corrected chi connectivity index (χ3v) is 6.30. The van der Waals surface area contributed by atoms with E-state index in [1.54, 1.807) is 0 Å². The molecule has 0 spiro atoms. The number of nitrogens with one attached hydrogen (secondary N) is 1. The van der Waals surface area contributed by atoms with Gasteiger partial charge in [0.1, 0.15) is 5.82 Å². The summed E-state index contributed by atoms with van der Waals surface area (Å²) in [4.78, 5) is 19.3. The summed E-state index contributed by atoms with van der Waals surface area (Å²) >= 11 is 6.35. The fourth-order valence-electron chi connectivity index (χ4n) is 4.40. The number of nitrogens with two attached hydrogens (primary N) is 1. The summed E-state index contributed by atoms with van der Waals surface area (Å²) in [6.07, 6.45) is -5.34. The third kappa shape index (κ3) is 3.86. The maximum absolute atomic E-state index is 15.9. The number of nitrogen functional groups attached to an aromatic ring is 1. The maximum atomic E-state index is 15.9. The van der Waals surface area contributed by atoms with Gasteiger partial charge in [0, 0.05) is 28.7 Å². The Morgan fingerprint density at radius 3 is 2.62 bits per heavy atom. The molecular formula is C22H18ClF5N4O2. The number of anilines is 2. The number of H-pyrrole nitrogens is 1. The third-order valence-electron chi connectivity index (χ3n) is 6.00. The second kappa shape index (κ2) is 8.09. The number of aromatic amines is 1. The molecule has 34 heavy (non-hydrogen) atoms. The molecule has 0 radical (unpaired) electrons. The van der Waals surface area contributed by atoms with Crippen LogP contribution in [0.1, 0.15) is 29.9 Å². The van der Waals surface area contributed by atoms with Crippen molar-refractivity contribution in [2.75, 3.05) is 30.4 Å². The van der Waals surface area contributed by atoms with Crippen molar-refractivity contribution in [1.29, 1.82) is 0 Å². The lowest BCUT2D eigenvalue weighted by Gasteiger charge is -2.32. The zero-order valence-electron chi connectivity index (χ0n) is 17.5. The van der Waals surface area contributed by atoms with Gasteiger partial charge in [0.05, 0.1) is 29.3 Å². The van der Waals surface area contributed by atoms with E-state index >= 15 is 4.39 Å². The molecule has 1 saturated heterocycles. The number of alkyl halides is 4. The molecule has 1 aliphatic heterocycles. The van der Waals surface area contributed by atoms with Gasteiger partial charge in [-0.15, -0.1) is 0 Å². The standard InChI is InChI=1S/C22H18ClF5N4O2/c23-14-7-13-19(30-21(33)31-20(13)32-3-4-34-8-15(32)24)18(25)16(14)12-6-10(29)5-11(9-1-2-9)17(12)22(26,27)28/h5-7,9,15H,1-4,8,29H2,(H,30,31,33)/t15-/m1/s1. The van der Waals surface area contributed by atoms with Gasteiger partial charge in [-0.25, -0.2) is 13.6 Å². The Balaban J connectivity index is 1.80. The number of hydrogen-bond acceptors (Lipinski definition) is 5. The van der Waals surface area contributed by atoms with E-state index in [1.807, 2.05) is 0 Å². The van der Waals surface area contributed by atoms with Gasteiger partial charge in [0.15, 0.2) is 12.1 Å². The molecule has 5 rings (SSSR count). The molecule has 0 bridgehead atoms. The Kier molecular flexibility index (Phi) is 5.44. The van der Waals surface area contributed by atoms with Crippen LogP contribution in [0.2, 0.25) is 5.02 Å². The van der Waals surface area contributed by atoms with Crippen LogP contribution < -0.4 is 16.3 Å². The first kappa shape index (κ1) is 22.9. The zero-order chi connectivity index (χ0) is 24.4. The van der Waals surface area contributed by atoms with Crippen LogP contribution >= 0.6 is 11.6 Å². The Hall–Kier alpha value is -2.92. The van der Waals surface area contributed by atoms with Crippen LogP contribution in [-0.4, -0.2) is 36.0 Å². The monoisotopic (exact) mass is 500 g/mol. The van der Waals surface area contributed by atoms with Gasteiger partial charge in [0.2, 0.25) is 0 Å². The van der Waals surface area contributed by atoms with E-state index in [0.29, 0.717) is 12.8 Å². The highest BCUT2D eigenvalue weighted by atomic mass is 35.5. The minimum atomic E-state index is -4.81. The largest absolute Gasteiger partial charge is 0.417 e. The molecule has 3 N–H and O–H groups in total. The van der Waals surface area contributed by atoms with Crippen LogP contribution in [-0.2, 0) is 10.9 Å². The fraction of sp³-hybridized carbons (Fsp3) is 0.364. The highest BCUT2D eigenvalue weighted by Gasteiger charge is 2.42. The Morgan fingerprint density at radius 2 is 1.97 bits per heavy atom. The number of halogens is 6. The van der Waals surface area contributed by atoms with E-state index < -0.39 is 46.2 Å². The second-order valence-corrected chi connectivity index (χ2v) is 8.75. The van der Waals surface area contributed by atoms with Crippen molar-refractivity contribution in [1.82, 2.24) is 9.97 Å². The van der Waals surface area contributed by atoms with Crippen LogP contribution in [0.25, 0.3) is 22.0 Å². The van der Waals surface area contributed by atoms with Crippen LogP contribution in [0.4, 0.5) is 33.5 Å². The van der Waals surface area contributed by atoms with E-state index in [1.165, 1.54) is 12.1 Å². The molecule has 2 aliphatic rings. The summed E-state index contributed by atoms with van der Waals surface area (Å²) in [7, 11) is 0. The molecule has 2 fully saturated rings. The van der Waals surface area contributed by atoms with Crippen molar-refractivity contribution >= 4 is 34.0 Å². The van der Waals surface area contributed by atoms with Crippen LogP contribution in [0, 0.1) is 5.82 Å². The first-order valence-electron chi connectivity index (χ1n) is 10.5. The van der Waals surface area contributed by atoms with Gasteiger partial charge in [-0.1, -0.05) is 11.6 Å². The molecule has 3 aromatic rings. The number of ether oxygens (including phenoxy) is 1. The van der Waals surface area contributed by atoms with Gasteiger partial charge in [-0.2, -0.15) is 18.2 Å². The first-order valence-corrected chi connectivity index (χ1v) is 10.9. The molecule has 1 saturated carbocycles. The molecule has 180 valence electrons. The van der Waals surface area contributed by atoms with Gasteiger partial charge >= 0.3 is 11.9 Å². The molecule has 2 heterocycles. The van der Waals surface area contributed by atoms with Crippen molar-refractivity contribution in [2.24, 2.45) is 0 Å². The molecule has 1 aromatic heterocycles. The quantitative estimate of drug-likeness (QED) is 0.300. The van der Waals surface area contributed by atoms with Crippen molar-refractivity contribution < 1.29 is 26.7 Å². The van der Waals surface area contributed by atoms with E-state index in [0.717, 1.165) is 11.0 Å². The highest BCUT2D eigenvalue weighted by molar-refractivity contribution is 6.34. The lowest BCUT2D eigenvalue weighted by atomic mass is 9.91. The van der Waals surface area contributed by atoms with E-state index in [2.05, 4.69) is 9.97 Å². The van der Waals surface area contributed by atoms with Gasteiger partial charge in [0.25, 0.3) is 0 Å². The molecule has 1 aliphatic carbocycles. The fourth-order valence-corrected chi connectivity index (χ4v) is 4.70. The first-order chi connectivity index (χ1) is 16.1. The lowest BCUT2D eigenvalue weighted by Crippen LogP contribution is -2.44. The van der Waals surface area contributed by atoms with Gasteiger partial charge < -0.3 is 20.4 Å². The van der Waals surface area contributed by atoms with Crippen molar-refractivity contribution in [2.45, 2.75) is 31.2 Å². The van der Waals surface area contributed by atoms with Gasteiger partial charge in [-0.3, -0.25) is 0 Å². The Morgan fingerprint density at radius 1 is 1.24 bits per heavy atom. The number of benzene rings is 2. The summed E-state index contributed by atoms with van der Waals surface area (Å²) in [5, 5.41) is -0.406. The number of rotatable bonds is 3.